The van der Waals surface area contributed by atoms with E-state index < -0.39 is 5.97 Å². The minimum Gasteiger partial charge on any atom is -0.457 e. The number of benzene rings is 2. The first-order valence-corrected chi connectivity index (χ1v) is 10.4. The van der Waals surface area contributed by atoms with Crippen LogP contribution in [-0.2, 0) is 17.8 Å². The van der Waals surface area contributed by atoms with Crippen molar-refractivity contribution in [2.75, 3.05) is 0 Å². The number of aromatic amines is 1. The Kier molecular flexibility index (Phi) is 5.17. The molecule has 5 rings (SSSR count). The predicted octanol–water partition coefficient (Wildman–Crippen LogP) is 4.00. The zero-order valence-electron chi connectivity index (χ0n) is 17.5. The summed E-state index contributed by atoms with van der Waals surface area (Å²) in [5, 5.41) is 10.1. The van der Waals surface area contributed by atoms with Gasteiger partial charge in [0.25, 0.3) is 5.56 Å². The van der Waals surface area contributed by atoms with E-state index in [1.54, 1.807) is 42.6 Å². The van der Waals surface area contributed by atoms with E-state index in [2.05, 4.69) is 16.0 Å². The maximum absolute atomic E-state index is 12.9. The highest BCUT2D eigenvalue weighted by atomic mass is 16.5. The third-order valence-corrected chi connectivity index (χ3v) is 5.49. The van der Waals surface area contributed by atoms with Crippen LogP contribution >= 0.6 is 0 Å². The van der Waals surface area contributed by atoms with Crippen LogP contribution < -0.4 is 5.56 Å². The van der Waals surface area contributed by atoms with E-state index in [0.29, 0.717) is 39.0 Å². The lowest BCUT2D eigenvalue weighted by molar-refractivity contribution is 0.0471. The second-order valence-corrected chi connectivity index (χ2v) is 7.57. The average molecular weight is 434 g/mol. The van der Waals surface area contributed by atoms with Crippen molar-refractivity contribution in [3.63, 3.8) is 0 Å². The van der Waals surface area contributed by atoms with Gasteiger partial charge in [-0.25, -0.2) is 9.78 Å². The fourth-order valence-corrected chi connectivity index (χ4v) is 3.91. The number of nitriles is 1. The van der Waals surface area contributed by atoms with Gasteiger partial charge in [0.15, 0.2) is 0 Å². The lowest BCUT2D eigenvalue weighted by Gasteiger charge is -2.10. The van der Waals surface area contributed by atoms with Crippen molar-refractivity contribution in [1.82, 2.24) is 14.4 Å². The molecule has 33 heavy (non-hydrogen) atoms. The van der Waals surface area contributed by atoms with E-state index in [-0.39, 0.29) is 18.6 Å². The van der Waals surface area contributed by atoms with Gasteiger partial charge in [-0.05, 0) is 35.9 Å². The summed E-state index contributed by atoms with van der Waals surface area (Å²) in [5.74, 6) is -0.0442. The van der Waals surface area contributed by atoms with Crippen LogP contribution in [0.4, 0.5) is 0 Å². The number of aromatic nitrogens is 3. The van der Waals surface area contributed by atoms with Gasteiger partial charge < -0.3 is 14.1 Å². The first-order chi connectivity index (χ1) is 16.1. The van der Waals surface area contributed by atoms with E-state index in [4.69, 9.17) is 4.74 Å². The molecule has 0 radical (unpaired) electrons. The summed E-state index contributed by atoms with van der Waals surface area (Å²) in [6.07, 6.45) is 3.90. The summed E-state index contributed by atoms with van der Waals surface area (Å²) in [5.41, 5.74) is 3.32. The summed E-state index contributed by atoms with van der Waals surface area (Å²) >= 11 is 0. The Morgan fingerprint density at radius 1 is 1.03 bits per heavy atom. The number of pyridine rings is 1. The Labute approximate surface area is 188 Å². The summed E-state index contributed by atoms with van der Waals surface area (Å²) in [6.45, 7) is -0.0250. The highest BCUT2D eigenvalue weighted by molar-refractivity contribution is 5.91. The van der Waals surface area contributed by atoms with E-state index in [9.17, 15) is 14.9 Å². The van der Waals surface area contributed by atoms with Crippen molar-refractivity contribution in [3.05, 3.63) is 118 Å². The van der Waals surface area contributed by atoms with Crippen LogP contribution in [0.1, 0.15) is 32.9 Å². The lowest BCUT2D eigenvalue weighted by atomic mass is 10.0. The van der Waals surface area contributed by atoms with Crippen LogP contribution in [0.2, 0.25) is 0 Å². The largest absolute Gasteiger partial charge is 0.457 e. The Balaban J connectivity index is 1.40. The number of carbonyl (C=O) groups excluding carboxylic acids is 1. The molecular formula is C26H18N4O3. The van der Waals surface area contributed by atoms with E-state index in [1.807, 2.05) is 40.9 Å². The Morgan fingerprint density at radius 3 is 2.70 bits per heavy atom. The molecule has 0 saturated carbocycles. The van der Waals surface area contributed by atoms with Gasteiger partial charge in [0.2, 0.25) is 0 Å². The SMILES string of the molecule is N#Cc1c(COC(=O)c2ccccc2Cc2nc3ccccc3c(=O)[nH]2)cn2ccccc12. The normalized spacial score (nSPS) is 10.9. The zero-order valence-corrected chi connectivity index (χ0v) is 17.5. The maximum atomic E-state index is 12.9. The molecule has 0 aliphatic rings. The van der Waals surface area contributed by atoms with Crippen LogP contribution in [-0.4, -0.2) is 20.3 Å². The van der Waals surface area contributed by atoms with Gasteiger partial charge in [0.1, 0.15) is 18.5 Å². The fraction of sp³-hybridized carbons (Fsp3) is 0.0769. The zero-order chi connectivity index (χ0) is 22.8. The van der Waals surface area contributed by atoms with E-state index >= 15 is 0 Å². The van der Waals surface area contributed by atoms with Gasteiger partial charge in [-0.15, -0.1) is 0 Å². The molecule has 0 bridgehead atoms. The van der Waals surface area contributed by atoms with Crippen LogP contribution in [0.25, 0.3) is 16.4 Å². The predicted molar refractivity (Wildman–Crippen MR) is 123 cm³/mol. The van der Waals surface area contributed by atoms with Gasteiger partial charge in [0.05, 0.1) is 27.5 Å². The minimum absolute atomic E-state index is 0.0250. The Morgan fingerprint density at radius 2 is 1.82 bits per heavy atom. The number of carbonyl (C=O) groups is 1. The number of hydrogen-bond acceptors (Lipinski definition) is 5. The number of nitrogens with zero attached hydrogens (tertiary/aromatic N) is 3. The molecule has 0 fully saturated rings. The van der Waals surface area contributed by atoms with Crippen molar-refractivity contribution in [2.24, 2.45) is 0 Å². The molecule has 1 N–H and O–H groups in total. The Hall–Kier alpha value is -4.70. The molecule has 0 saturated heterocycles. The molecule has 0 amide bonds. The molecule has 3 aromatic heterocycles. The van der Waals surface area contributed by atoms with Gasteiger partial charge >= 0.3 is 5.97 Å². The van der Waals surface area contributed by atoms with Crippen molar-refractivity contribution in [2.45, 2.75) is 13.0 Å². The lowest BCUT2D eigenvalue weighted by Crippen LogP contribution is -2.14. The maximum Gasteiger partial charge on any atom is 0.338 e. The third-order valence-electron chi connectivity index (χ3n) is 5.49. The molecule has 160 valence electrons. The number of fused-ring (bicyclic) bond motifs is 2. The molecular weight excluding hydrogens is 416 g/mol. The first-order valence-electron chi connectivity index (χ1n) is 10.4. The molecule has 3 heterocycles. The topological polar surface area (TPSA) is 100 Å². The first kappa shape index (κ1) is 20.2. The third kappa shape index (κ3) is 3.86. The van der Waals surface area contributed by atoms with Crippen LogP contribution in [0.3, 0.4) is 0 Å². The highest BCUT2D eigenvalue weighted by Gasteiger charge is 2.17. The second kappa shape index (κ2) is 8.44. The van der Waals surface area contributed by atoms with Crippen LogP contribution in [0.5, 0.6) is 0 Å². The monoisotopic (exact) mass is 434 g/mol. The molecule has 0 aliphatic heterocycles. The highest BCUT2D eigenvalue weighted by Crippen LogP contribution is 2.20. The second-order valence-electron chi connectivity index (χ2n) is 7.57. The fourth-order valence-electron chi connectivity index (χ4n) is 3.91. The summed E-state index contributed by atoms with van der Waals surface area (Å²) < 4.78 is 7.39. The van der Waals surface area contributed by atoms with Crippen LogP contribution in [0.15, 0.2) is 83.9 Å². The van der Waals surface area contributed by atoms with Gasteiger partial charge in [-0.2, -0.15) is 5.26 Å². The van der Waals surface area contributed by atoms with Crippen molar-refractivity contribution in [1.29, 1.82) is 5.26 Å². The molecule has 0 unspecified atom stereocenters. The number of H-pyrrole nitrogens is 1. The van der Waals surface area contributed by atoms with Gasteiger partial charge in [0, 0.05) is 24.4 Å². The summed E-state index contributed by atoms with van der Waals surface area (Å²) in [4.78, 5) is 32.6. The Bertz CT molecular complexity index is 1610. The number of hydrogen-bond donors (Lipinski definition) is 1. The summed E-state index contributed by atoms with van der Waals surface area (Å²) in [6, 6.07) is 21.9. The van der Waals surface area contributed by atoms with Gasteiger partial charge in [-0.3, -0.25) is 4.79 Å². The average Bonchev–Trinajstić information content (AvgIpc) is 3.20. The molecule has 7 heteroatoms. The van der Waals surface area contributed by atoms with E-state index in [1.165, 1.54) is 0 Å². The number of para-hydroxylation sites is 1. The summed E-state index contributed by atoms with van der Waals surface area (Å²) in [7, 11) is 0. The molecule has 0 atom stereocenters. The van der Waals surface area contributed by atoms with Crippen molar-refractivity contribution < 1.29 is 9.53 Å². The molecule has 5 aromatic rings. The van der Waals surface area contributed by atoms with Crippen molar-refractivity contribution >= 4 is 22.4 Å². The number of rotatable bonds is 5. The number of esters is 1. The molecule has 2 aromatic carbocycles. The van der Waals surface area contributed by atoms with Crippen LogP contribution in [0, 0.1) is 11.3 Å². The minimum atomic E-state index is -0.507. The number of ether oxygens (including phenoxy) is 1. The molecule has 0 spiro atoms. The van der Waals surface area contributed by atoms with Gasteiger partial charge in [-0.1, -0.05) is 36.4 Å². The molecule has 0 aliphatic carbocycles. The quantitative estimate of drug-likeness (QED) is 0.422. The standard InChI is InChI=1S/C26H18N4O3/c27-14-21-18(15-30-12-6-5-11-23(21)30)16-33-26(32)19-8-2-1-7-17(19)13-24-28-22-10-4-3-9-20(22)25(31)29-24/h1-12,15H,13,16H2,(H,28,29,31). The van der Waals surface area contributed by atoms with Crippen molar-refractivity contribution in [3.8, 4) is 6.07 Å². The molecule has 7 nitrogen and oxygen atoms in total. The van der Waals surface area contributed by atoms with E-state index in [0.717, 1.165) is 5.52 Å². The number of nitrogens with one attached hydrogen (secondary N) is 1. The smallest absolute Gasteiger partial charge is 0.338 e.